The molecule has 0 aliphatic heterocycles. The number of methoxy groups -OCH3 is 1. The van der Waals surface area contributed by atoms with Gasteiger partial charge in [0.05, 0.1) is 13.7 Å². The van der Waals surface area contributed by atoms with Crippen LogP contribution in [0.15, 0.2) is 0 Å². The quantitative estimate of drug-likeness (QED) is 0.679. The van der Waals surface area contributed by atoms with E-state index in [1.165, 1.54) is 0 Å². The van der Waals surface area contributed by atoms with Gasteiger partial charge in [-0.1, -0.05) is 0 Å². The molecule has 72 valence electrons. The molecule has 4 nitrogen and oxygen atoms in total. The molecule has 1 amide bonds. The van der Waals surface area contributed by atoms with Crippen LogP contribution < -0.4 is 5.73 Å². The topological polar surface area (TPSA) is 55.6 Å². The van der Waals surface area contributed by atoms with Crippen molar-refractivity contribution < 1.29 is 18.3 Å². The van der Waals surface area contributed by atoms with Gasteiger partial charge in [-0.15, -0.1) is 0 Å². The Morgan fingerprint density at radius 1 is 1.67 bits per heavy atom. The lowest BCUT2D eigenvalue weighted by atomic mass is 10.5. The Labute approximate surface area is 69.3 Å². The lowest BCUT2D eigenvalue weighted by molar-refractivity contribution is 0.0723. The molecule has 6 heteroatoms. The normalized spacial score (nSPS) is 10.1. The highest BCUT2D eigenvalue weighted by Gasteiger charge is 2.17. The number of alkyl halides is 2. The Hall–Kier alpha value is -0.910. The number of hydrogen-bond donors (Lipinski definition) is 1. The van der Waals surface area contributed by atoms with E-state index in [0.717, 1.165) is 12.0 Å². The number of hydrogen-bond acceptors (Lipinski definition) is 3. The van der Waals surface area contributed by atoms with E-state index in [2.05, 4.69) is 4.74 Å². The number of nitrogens with zero attached hydrogens (tertiary/aromatic N) is 1. The number of carbonyl (C=O) groups is 1. The third kappa shape index (κ3) is 4.07. The van der Waals surface area contributed by atoms with E-state index in [4.69, 9.17) is 5.73 Å². The van der Waals surface area contributed by atoms with Crippen LogP contribution in [0.2, 0.25) is 0 Å². The highest BCUT2D eigenvalue weighted by Crippen LogP contribution is 1.99. The molecule has 0 rings (SSSR count). The van der Waals surface area contributed by atoms with E-state index in [1.54, 1.807) is 0 Å². The third-order valence-corrected chi connectivity index (χ3v) is 1.19. The summed E-state index contributed by atoms with van der Waals surface area (Å²) in [5.74, 6) is 0. The van der Waals surface area contributed by atoms with Crippen LogP contribution >= 0.6 is 0 Å². The summed E-state index contributed by atoms with van der Waals surface area (Å²) < 4.78 is 27.9. The van der Waals surface area contributed by atoms with Crippen molar-refractivity contribution in [2.45, 2.75) is 6.43 Å². The standard InChI is InChI=1S/C6H12F2N2O2/c1-12-6(11)10(3-2-9)4-5(7)8/h5H,2-4,9H2,1H3. The number of nitrogens with two attached hydrogens (primary N) is 1. The molecule has 0 aromatic rings. The van der Waals surface area contributed by atoms with Crippen molar-refractivity contribution in [3.63, 3.8) is 0 Å². The molecular formula is C6H12F2N2O2. The summed E-state index contributed by atoms with van der Waals surface area (Å²) >= 11 is 0. The number of halogens is 2. The largest absolute Gasteiger partial charge is 0.453 e. The Balaban J connectivity index is 3.94. The summed E-state index contributed by atoms with van der Waals surface area (Å²) in [6, 6.07) is 0. The molecule has 0 unspecified atom stereocenters. The highest BCUT2D eigenvalue weighted by atomic mass is 19.3. The van der Waals surface area contributed by atoms with Gasteiger partial charge in [0.2, 0.25) is 0 Å². The summed E-state index contributed by atoms with van der Waals surface area (Å²) in [4.78, 5) is 11.6. The maximum Gasteiger partial charge on any atom is 0.409 e. The van der Waals surface area contributed by atoms with Crippen molar-refractivity contribution in [3.05, 3.63) is 0 Å². The van der Waals surface area contributed by atoms with Crippen LogP contribution in [0.5, 0.6) is 0 Å². The van der Waals surface area contributed by atoms with Gasteiger partial charge in [-0.25, -0.2) is 13.6 Å². The minimum Gasteiger partial charge on any atom is -0.453 e. The molecule has 0 fully saturated rings. The third-order valence-electron chi connectivity index (χ3n) is 1.19. The Morgan fingerprint density at radius 3 is 2.58 bits per heavy atom. The molecule has 0 saturated carbocycles. The van der Waals surface area contributed by atoms with Crippen LogP contribution in [0.1, 0.15) is 0 Å². The predicted octanol–water partition coefficient (Wildman–Crippen LogP) is 0.279. The molecule has 2 N–H and O–H groups in total. The maximum atomic E-state index is 11.8. The van der Waals surface area contributed by atoms with Crippen LogP contribution in [0.4, 0.5) is 13.6 Å². The van der Waals surface area contributed by atoms with Crippen LogP contribution in [0.3, 0.4) is 0 Å². The fourth-order valence-electron chi connectivity index (χ4n) is 0.709. The zero-order chi connectivity index (χ0) is 9.56. The first kappa shape index (κ1) is 11.1. The lowest BCUT2D eigenvalue weighted by Gasteiger charge is -2.19. The molecule has 0 bridgehead atoms. The van der Waals surface area contributed by atoms with Crippen molar-refractivity contribution in [2.24, 2.45) is 5.73 Å². The SMILES string of the molecule is COC(=O)N(CCN)CC(F)F. The van der Waals surface area contributed by atoms with Crippen molar-refractivity contribution >= 4 is 6.09 Å². The van der Waals surface area contributed by atoms with Crippen LogP contribution in [0, 0.1) is 0 Å². The molecule has 0 spiro atoms. The van der Waals surface area contributed by atoms with E-state index in [-0.39, 0.29) is 13.1 Å². The van der Waals surface area contributed by atoms with Crippen LogP contribution in [-0.4, -0.2) is 44.2 Å². The molecule has 0 atom stereocenters. The zero-order valence-corrected chi connectivity index (χ0v) is 6.80. The second kappa shape index (κ2) is 5.70. The summed E-state index contributed by atoms with van der Waals surface area (Å²) in [6.07, 6.45) is -3.34. The Morgan fingerprint density at radius 2 is 2.25 bits per heavy atom. The van der Waals surface area contributed by atoms with Gasteiger partial charge in [0.1, 0.15) is 0 Å². The van der Waals surface area contributed by atoms with Crippen molar-refractivity contribution in [1.82, 2.24) is 4.90 Å². The Bertz CT molecular complexity index is 144. The summed E-state index contributed by atoms with van der Waals surface area (Å²) in [7, 11) is 1.14. The first-order valence-corrected chi connectivity index (χ1v) is 3.43. The minimum absolute atomic E-state index is 0.0804. The molecule has 0 aromatic carbocycles. The van der Waals surface area contributed by atoms with E-state index in [1.807, 2.05) is 0 Å². The molecule has 0 saturated heterocycles. The lowest BCUT2D eigenvalue weighted by Crippen LogP contribution is -2.38. The van der Waals surface area contributed by atoms with Gasteiger partial charge < -0.3 is 15.4 Å². The second-order valence-corrected chi connectivity index (χ2v) is 2.10. The molecule has 12 heavy (non-hydrogen) atoms. The number of rotatable bonds is 4. The average Bonchev–Trinajstić information content (AvgIpc) is 2.01. The van der Waals surface area contributed by atoms with Crippen LogP contribution in [0.25, 0.3) is 0 Å². The number of carbonyl (C=O) groups excluding carboxylic acids is 1. The van der Waals surface area contributed by atoms with E-state index < -0.39 is 19.1 Å². The fraction of sp³-hybridized carbons (Fsp3) is 0.833. The zero-order valence-electron chi connectivity index (χ0n) is 6.80. The maximum absolute atomic E-state index is 11.8. The van der Waals surface area contributed by atoms with E-state index in [9.17, 15) is 13.6 Å². The molecular weight excluding hydrogens is 170 g/mol. The predicted molar refractivity (Wildman–Crippen MR) is 39.0 cm³/mol. The monoisotopic (exact) mass is 182 g/mol. The molecule has 0 aliphatic rings. The van der Waals surface area contributed by atoms with E-state index >= 15 is 0 Å². The van der Waals surface area contributed by atoms with Crippen molar-refractivity contribution in [3.8, 4) is 0 Å². The highest BCUT2D eigenvalue weighted by molar-refractivity contribution is 5.67. The van der Waals surface area contributed by atoms with Gasteiger partial charge >= 0.3 is 6.09 Å². The summed E-state index contributed by atoms with van der Waals surface area (Å²) in [5.41, 5.74) is 5.10. The molecule has 0 heterocycles. The smallest absolute Gasteiger partial charge is 0.409 e. The van der Waals surface area contributed by atoms with Gasteiger partial charge in [-0.2, -0.15) is 0 Å². The van der Waals surface area contributed by atoms with Crippen molar-refractivity contribution in [1.29, 1.82) is 0 Å². The van der Waals surface area contributed by atoms with Gasteiger partial charge in [0.25, 0.3) is 6.43 Å². The Kier molecular flexibility index (Phi) is 5.27. The van der Waals surface area contributed by atoms with Crippen molar-refractivity contribution in [2.75, 3.05) is 26.7 Å². The van der Waals surface area contributed by atoms with Gasteiger partial charge in [-0.3, -0.25) is 0 Å². The first-order valence-electron chi connectivity index (χ1n) is 3.43. The molecule has 0 radical (unpaired) electrons. The second-order valence-electron chi connectivity index (χ2n) is 2.10. The molecule has 0 aliphatic carbocycles. The van der Waals surface area contributed by atoms with Gasteiger partial charge in [-0.05, 0) is 0 Å². The van der Waals surface area contributed by atoms with Gasteiger partial charge in [0.15, 0.2) is 0 Å². The number of ether oxygens (including phenoxy) is 1. The average molecular weight is 182 g/mol. The fourth-order valence-corrected chi connectivity index (χ4v) is 0.709. The van der Waals surface area contributed by atoms with E-state index in [0.29, 0.717) is 0 Å². The molecule has 0 aromatic heterocycles. The summed E-state index contributed by atoms with van der Waals surface area (Å²) in [6.45, 7) is -0.414. The van der Waals surface area contributed by atoms with Crippen LogP contribution in [-0.2, 0) is 4.74 Å². The summed E-state index contributed by atoms with van der Waals surface area (Å²) in [5, 5.41) is 0. The number of amides is 1. The van der Waals surface area contributed by atoms with Gasteiger partial charge in [0, 0.05) is 13.1 Å². The minimum atomic E-state index is -2.56. The first-order chi connectivity index (χ1) is 5.61.